The summed E-state index contributed by atoms with van der Waals surface area (Å²) in [6, 6.07) is 2.21. The van der Waals surface area contributed by atoms with E-state index in [4.69, 9.17) is 17.0 Å². The van der Waals surface area contributed by atoms with Crippen molar-refractivity contribution in [3.63, 3.8) is 0 Å². The van der Waals surface area contributed by atoms with Crippen LogP contribution in [0.2, 0.25) is 0 Å². The second kappa shape index (κ2) is 8.31. The molecular weight excluding hydrogens is 328 g/mol. The number of Topliss-reactive ketones (excluding diaryl/α,β-unsaturated/α-hetero) is 1. The molecule has 1 aromatic heterocycles. The van der Waals surface area contributed by atoms with Crippen LogP contribution in [0.5, 0.6) is 0 Å². The fourth-order valence-corrected chi connectivity index (χ4v) is 4.38. The van der Waals surface area contributed by atoms with E-state index in [2.05, 4.69) is 16.4 Å². The summed E-state index contributed by atoms with van der Waals surface area (Å²) in [5.74, 6) is 0.568. The number of ketones is 1. The highest BCUT2D eigenvalue weighted by molar-refractivity contribution is 8.23. The van der Waals surface area contributed by atoms with Crippen LogP contribution < -0.4 is 0 Å². The average Bonchev–Trinajstić information content (AvgIpc) is 3.13. The number of carbonyl (C=O) groups excluding carboxylic acids is 1. The van der Waals surface area contributed by atoms with E-state index in [-0.39, 0.29) is 11.8 Å². The Bertz CT molecular complexity index is 577. The Morgan fingerprint density at radius 3 is 2.65 bits per heavy atom. The van der Waals surface area contributed by atoms with Crippen LogP contribution in [0.4, 0.5) is 0 Å². The third kappa shape index (κ3) is 4.37. The standard InChI is InChI=1S/C17H26N2O2S2/c1-12-9-15(14(3)19(12)13(2)10-21-4)16(20)11-23-17(22)18-7-5-6-8-18/h9,13H,5-8,10-11H2,1-4H3. The van der Waals surface area contributed by atoms with Crippen LogP contribution in [0.1, 0.15) is 47.6 Å². The minimum absolute atomic E-state index is 0.153. The number of ether oxygens (including phenoxy) is 1. The van der Waals surface area contributed by atoms with Crippen molar-refractivity contribution >= 4 is 34.1 Å². The Balaban J connectivity index is 2.02. The molecule has 1 saturated heterocycles. The summed E-state index contributed by atoms with van der Waals surface area (Å²) in [7, 11) is 1.70. The van der Waals surface area contributed by atoms with Crippen LogP contribution in [0.25, 0.3) is 0 Å². The lowest BCUT2D eigenvalue weighted by atomic mass is 10.2. The van der Waals surface area contributed by atoms with Gasteiger partial charge in [0.1, 0.15) is 4.32 Å². The van der Waals surface area contributed by atoms with Crippen molar-refractivity contribution in [3.05, 3.63) is 23.0 Å². The van der Waals surface area contributed by atoms with Gasteiger partial charge in [0.05, 0.1) is 18.4 Å². The number of nitrogens with zero attached hydrogens (tertiary/aromatic N) is 2. The lowest BCUT2D eigenvalue weighted by Crippen LogP contribution is -2.24. The number of hydrogen-bond acceptors (Lipinski definition) is 4. The zero-order chi connectivity index (χ0) is 17.0. The molecule has 1 unspecified atom stereocenters. The molecule has 0 bridgehead atoms. The minimum atomic E-state index is 0.153. The largest absolute Gasteiger partial charge is 0.383 e. The summed E-state index contributed by atoms with van der Waals surface area (Å²) in [5, 5.41) is 0. The van der Waals surface area contributed by atoms with Gasteiger partial charge < -0.3 is 14.2 Å². The number of hydrogen-bond donors (Lipinski definition) is 0. The van der Waals surface area contributed by atoms with Crippen LogP contribution in [-0.4, -0.2) is 52.1 Å². The van der Waals surface area contributed by atoms with E-state index >= 15 is 0 Å². The molecule has 1 aliphatic rings. The molecule has 1 aliphatic heterocycles. The van der Waals surface area contributed by atoms with Gasteiger partial charge >= 0.3 is 0 Å². The molecule has 0 spiro atoms. The first-order valence-electron chi connectivity index (χ1n) is 8.08. The molecule has 1 aromatic rings. The Labute approximate surface area is 148 Å². The van der Waals surface area contributed by atoms with Gasteiger partial charge in [0.15, 0.2) is 5.78 Å². The van der Waals surface area contributed by atoms with E-state index in [1.165, 1.54) is 24.6 Å². The fourth-order valence-electron chi connectivity index (χ4n) is 3.25. The maximum atomic E-state index is 12.6. The average molecular weight is 355 g/mol. The normalized spacial score (nSPS) is 15.9. The van der Waals surface area contributed by atoms with Crippen molar-refractivity contribution in [2.24, 2.45) is 0 Å². The van der Waals surface area contributed by atoms with Gasteiger partial charge in [-0.1, -0.05) is 24.0 Å². The predicted octanol–water partition coefficient (Wildman–Crippen LogP) is 3.61. The highest BCUT2D eigenvalue weighted by Crippen LogP contribution is 2.23. The SMILES string of the molecule is COCC(C)n1c(C)cc(C(=O)CSC(=S)N2CCCC2)c1C. The van der Waals surface area contributed by atoms with Crippen molar-refractivity contribution in [3.8, 4) is 0 Å². The van der Waals surface area contributed by atoms with Crippen molar-refractivity contribution in [1.82, 2.24) is 9.47 Å². The first-order chi connectivity index (χ1) is 11.0. The van der Waals surface area contributed by atoms with Crippen molar-refractivity contribution in [2.45, 2.75) is 39.7 Å². The summed E-state index contributed by atoms with van der Waals surface area (Å²) in [6.07, 6.45) is 2.40. The van der Waals surface area contributed by atoms with Gasteiger partial charge in [0.2, 0.25) is 0 Å². The van der Waals surface area contributed by atoms with Crippen molar-refractivity contribution < 1.29 is 9.53 Å². The van der Waals surface area contributed by atoms with E-state index in [0.29, 0.717) is 12.4 Å². The summed E-state index contributed by atoms with van der Waals surface area (Å²) < 4.78 is 8.28. The predicted molar refractivity (Wildman–Crippen MR) is 101 cm³/mol. The van der Waals surface area contributed by atoms with Gasteiger partial charge in [-0.2, -0.15) is 0 Å². The van der Waals surface area contributed by atoms with Gasteiger partial charge in [-0.05, 0) is 39.7 Å². The third-order valence-electron chi connectivity index (χ3n) is 4.32. The number of aryl methyl sites for hydroxylation is 1. The topological polar surface area (TPSA) is 34.5 Å². The molecule has 6 heteroatoms. The number of carbonyl (C=O) groups is 1. The molecule has 0 amide bonds. The van der Waals surface area contributed by atoms with Crippen LogP contribution in [0.3, 0.4) is 0 Å². The third-order valence-corrected chi connectivity index (χ3v) is 5.85. The van der Waals surface area contributed by atoms with Gasteiger partial charge in [-0.3, -0.25) is 4.79 Å². The maximum absolute atomic E-state index is 12.6. The van der Waals surface area contributed by atoms with Crippen molar-refractivity contribution in [1.29, 1.82) is 0 Å². The van der Waals surface area contributed by atoms with Crippen LogP contribution in [0.15, 0.2) is 6.07 Å². The molecule has 0 aliphatic carbocycles. The van der Waals surface area contributed by atoms with Gasteiger partial charge in [-0.15, -0.1) is 0 Å². The second-order valence-electron chi connectivity index (χ2n) is 6.13. The zero-order valence-electron chi connectivity index (χ0n) is 14.4. The molecule has 0 aromatic carbocycles. The van der Waals surface area contributed by atoms with Crippen LogP contribution >= 0.6 is 24.0 Å². The molecule has 2 heterocycles. The molecule has 4 nitrogen and oxygen atoms in total. The number of thiocarbonyl (C=S) groups is 1. The van der Waals surface area contributed by atoms with Gasteiger partial charge in [0.25, 0.3) is 0 Å². The number of methoxy groups -OCH3 is 1. The lowest BCUT2D eigenvalue weighted by molar-refractivity contribution is 0.102. The van der Waals surface area contributed by atoms with E-state index in [1.54, 1.807) is 7.11 Å². The molecule has 0 saturated carbocycles. The fraction of sp³-hybridized carbons (Fsp3) is 0.647. The Morgan fingerprint density at radius 2 is 2.04 bits per heavy atom. The molecule has 2 rings (SSSR count). The molecule has 1 atom stereocenters. The Hall–Kier alpha value is -0.850. The Kier molecular flexibility index (Phi) is 6.68. The summed E-state index contributed by atoms with van der Waals surface area (Å²) >= 11 is 6.93. The molecule has 0 N–H and O–H groups in total. The van der Waals surface area contributed by atoms with Gasteiger partial charge in [-0.25, -0.2) is 0 Å². The second-order valence-corrected chi connectivity index (χ2v) is 7.74. The zero-order valence-corrected chi connectivity index (χ0v) is 16.1. The quantitative estimate of drug-likeness (QED) is 0.576. The van der Waals surface area contributed by atoms with E-state index < -0.39 is 0 Å². The summed E-state index contributed by atoms with van der Waals surface area (Å²) in [4.78, 5) is 14.8. The summed E-state index contributed by atoms with van der Waals surface area (Å²) in [5.41, 5.74) is 2.93. The molecule has 128 valence electrons. The number of rotatable bonds is 6. The highest BCUT2D eigenvalue weighted by Gasteiger charge is 2.21. The molecular formula is C17H26N2O2S2. The van der Waals surface area contributed by atoms with E-state index in [1.807, 2.05) is 19.9 Å². The first kappa shape index (κ1) is 18.5. The molecule has 23 heavy (non-hydrogen) atoms. The number of aromatic nitrogens is 1. The number of likely N-dealkylation sites (tertiary alicyclic amines) is 1. The number of thioether (sulfide) groups is 1. The van der Waals surface area contributed by atoms with E-state index in [9.17, 15) is 4.79 Å². The Morgan fingerprint density at radius 1 is 1.39 bits per heavy atom. The van der Waals surface area contributed by atoms with E-state index in [0.717, 1.165) is 34.4 Å². The van der Waals surface area contributed by atoms with Crippen LogP contribution in [0, 0.1) is 13.8 Å². The molecule has 0 radical (unpaired) electrons. The maximum Gasteiger partial charge on any atom is 0.174 e. The molecule has 1 fully saturated rings. The van der Waals surface area contributed by atoms with Crippen LogP contribution in [-0.2, 0) is 4.74 Å². The smallest absolute Gasteiger partial charge is 0.174 e. The minimum Gasteiger partial charge on any atom is -0.383 e. The van der Waals surface area contributed by atoms with Gasteiger partial charge in [0, 0.05) is 37.2 Å². The first-order valence-corrected chi connectivity index (χ1v) is 9.47. The summed E-state index contributed by atoms with van der Waals surface area (Å²) in [6.45, 7) is 8.85. The lowest BCUT2D eigenvalue weighted by Gasteiger charge is -2.18. The van der Waals surface area contributed by atoms with Crippen molar-refractivity contribution in [2.75, 3.05) is 32.6 Å². The monoisotopic (exact) mass is 354 g/mol. The highest BCUT2D eigenvalue weighted by atomic mass is 32.2.